The summed E-state index contributed by atoms with van der Waals surface area (Å²) in [4.78, 5) is 14.2. The van der Waals surface area contributed by atoms with Crippen molar-refractivity contribution in [2.75, 3.05) is 20.1 Å². The van der Waals surface area contributed by atoms with Crippen molar-refractivity contribution >= 4 is 29.2 Å². The molecule has 4 nitrogen and oxygen atoms in total. The summed E-state index contributed by atoms with van der Waals surface area (Å²) in [5.74, 6) is 0. The number of piperidine rings is 1. The van der Waals surface area contributed by atoms with E-state index in [4.69, 9.17) is 23.2 Å². The SMILES string of the molecule is Cc1cc(Cl)cc(Cl)c1CNC(=O)NC1CCN(C)CC1. The van der Waals surface area contributed by atoms with Crippen molar-refractivity contribution < 1.29 is 4.79 Å². The van der Waals surface area contributed by atoms with Crippen molar-refractivity contribution in [1.29, 1.82) is 0 Å². The second-order valence-corrected chi connectivity index (χ2v) is 6.43. The molecular formula is C15H21Cl2N3O. The lowest BCUT2D eigenvalue weighted by Gasteiger charge is -2.29. The highest BCUT2D eigenvalue weighted by Gasteiger charge is 2.18. The minimum absolute atomic E-state index is 0.144. The number of amides is 2. The molecule has 2 amide bonds. The van der Waals surface area contributed by atoms with E-state index in [1.807, 2.05) is 13.0 Å². The summed E-state index contributed by atoms with van der Waals surface area (Å²) in [7, 11) is 2.10. The van der Waals surface area contributed by atoms with E-state index in [1.165, 1.54) is 0 Å². The third-order valence-corrected chi connectivity index (χ3v) is 4.42. The van der Waals surface area contributed by atoms with E-state index in [-0.39, 0.29) is 12.1 Å². The fourth-order valence-corrected chi connectivity index (χ4v) is 3.18. The van der Waals surface area contributed by atoms with E-state index in [0.29, 0.717) is 16.6 Å². The van der Waals surface area contributed by atoms with Crippen LogP contribution in [0.4, 0.5) is 4.79 Å². The Labute approximate surface area is 135 Å². The number of aryl methyl sites for hydroxylation is 1. The number of hydrogen-bond acceptors (Lipinski definition) is 2. The molecule has 0 bridgehead atoms. The molecule has 0 spiro atoms. The first kappa shape index (κ1) is 16.4. The molecule has 1 aliphatic rings. The maximum atomic E-state index is 12.0. The number of benzene rings is 1. The first-order valence-corrected chi connectivity index (χ1v) is 7.88. The average molecular weight is 330 g/mol. The lowest BCUT2D eigenvalue weighted by atomic mass is 10.1. The Morgan fingerprint density at radius 1 is 1.33 bits per heavy atom. The van der Waals surface area contributed by atoms with Crippen LogP contribution in [0.15, 0.2) is 12.1 Å². The van der Waals surface area contributed by atoms with Crippen LogP contribution in [0.5, 0.6) is 0 Å². The smallest absolute Gasteiger partial charge is 0.315 e. The Morgan fingerprint density at radius 2 is 2.00 bits per heavy atom. The highest BCUT2D eigenvalue weighted by atomic mass is 35.5. The average Bonchev–Trinajstić information content (AvgIpc) is 2.40. The number of hydrogen-bond donors (Lipinski definition) is 2. The molecule has 1 aromatic rings. The molecule has 0 aliphatic carbocycles. The molecule has 0 aromatic heterocycles. The monoisotopic (exact) mass is 329 g/mol. The van der Waals surface area contributed by atoms with E-state index in [2.05, 4.69) is 22.6 Å². The van der Waals surface area contributed by atoms with Crippen LogP contribution in [0.25, 0.3) is 0 Å². The summed E-state index contributed by atoms with van der Waals surface area (Å²) in [6.07, 6.45) is 1.98. The Kier molecular flexibility index (Phi) is 5.73. The van der Waals surface area contributed by atoms with Crippen LogP contribution in [0.1, 0.15) is 24.0 Å². The van der Waals surface area contributed by atoms with Gasteiger partial charge in [-0.1, -0.05) is 23.2 Å². The molecule has 21 heavy (non-hydrogen) atoms. The van der Waals surface area contributed by atoms with E-state index in [9.17, 15) is 4.79 Å². The highest BCUT2D eigenvalue weighted by molar-refractivity contribution is 6.35. The number of urea groups is 1. The summed E-state index contributed by atoms with van der Waals surface area (Å²) < 4.78 is 0. The summed E-state index contributed by atoms with van der Waals surface area (Å²) in [5.41, 5.74) is 1.88. The molecule has 0 radical (unpaired) electrons. The van der Waals surface area contributed by atoms with Gasteiger partial charge in [0.1, 0.15) is 0 Å². The number of likely N-dealkylation sites (tertiary alicyclic amines) is 1. The zero-order valence-corrected chi connectivity index (χ0v) is 13.9. The number of rotatable bonds is 3. The van der Waals surface area contributed by atoms with Gasteiger partial charge in [-0.3, -0.25) is 0 Å². The third-order valence-electron chi connectivity index (χ3n) is 3.86. The minimum Gasteiger partial charge on any atom is -0.335 e. The quantitative estimate of drug-likeness (QED) is 0.894. The topological polar surface area (TPSA) is 44.4 Å². The molecule has 116 valence electrons. The molecule has 1 fully saturated rings. The van der Waals surface area contributed by atoms with Crippen molar-refractivity contribution in [3.8, 4) is 0 Å². The van der Waals surface area contributed by atoms with Gasteiger partial charge in [-0.25, -0.2) is 4.79 Å². The van der Waals surface area contributed by atoms with Crippen LogP contribution in [0, 0.1) is 6.92 Å². The van der Waals surface area contributed by atoms with Crippen molar-refractivity contribution in [2.24, 2.45) is 0 Å². The second-order valence-electron chi connectivity index (χ2n) is 5.59. The Hall–Kier alpha value is -0.970. The molecule has 1 saturated heterocycles. The maximum absolute atomic E-state index is 12.0. The third kappa shape index (κ3) is 4.77. The van der Waals surface area contributed by atoms with E-state index in [0.717, 1.165) is 37.1 Å². The van der Waals surface area contributed by atoms with Crippen molar-refractivity contribution in [1.82, 2.24) is 15.5 Å². The molecule has 6 heteroatoms. The van der Waals surface area contributed by atoms with Crippen LogP contribution < -0.4 is 10.6 Å². The van der Waals surface area contributed by atoms with Crippen LogP contribution in [0.3, 0.4) is 0 Å². The minimum atomic E-state index is -0.144. The number of halogens is 2. The van der Waals surface area contributed by atoms with Gasteiger partial charge in [-0.2, -0.15) is 0 Å². The number of nitrogens with one attached hydrogen (secondary N) is 2. The second kappa shape index (κ2) is 7.34. The summed E-state index contributed by atoms with van der Waals surface area (Å²) in [5, 5.41) is 7.07. The Morgan fingerprint density at radius 3 is 2.62 bits per heavy atom. The molecule has 1 aromatic carbocycles. The van der Waals surface area contributed by atoms with Gasteiger partial charge in [0, 0.05) is 22.6 Å². The predicted molar refractivity (Wildman–Crippen MR) is 87.1 cm³/mol. The Balaban J connectivity index is 1.84. The van der Waals surface area contributed by atoms with E-state index < -0.39 is 0 Å². The predicted octanol–water partition coefficient (Wildman–Crippen LogP) is 3.20. The van der Waals surface area contributed by atoms with Crippen molar-refractivity contribution in [3.05, 3.63) is 33.3 Å². The standard InChI is InChI=1S/C15H21Cl2N3O/c1-10-7-11(16)8-14(17)13(10)9-18-15(21)19-12-3-5-20(2)6-4-12/h7-8,12H,3-6,9H2,1-2H3,(H2,18,19,21). The number of carbonyl (C=O) groups excluding carboxylic acids is 1. The van der Waals surface area contributed by atoms with Crippen molar-refractivity contribution in [3.63, 3.8) is 0 Å². The van der Waals surface area contributed by atoms with Gasteiger partial charge in [0.15, 0.2) is 0 Å². The van der Waals surface area contributed by atoms with Gasteiger partial charge in [0.2, 0.25) is 0 Å². The molecule has 0 atom stereocenters. The molecule has 0 saturated carbocycles. The van der Waals surface area contributed by atoms with E-state index >= 15 is 0 Å². The first-order valence-electron chi connectivity index (χ1n) is 7.13. The van der Waals surface area contributed by atoms with Crippen molar-refractivity contribution in [2.45, 2.75) is 32.4 Å². The molecule has 2 N–H and O–H groups in total. The van der Waals surface area contributed by atoms with Crippen LogP contribution >= 0.6 is 23.2 Å². The Bertz CT molecular complexity index is 491. The zero-order valence-electron chi connectivity index (χ0n) is 12.4. The highest BCUT2D eigenvalue weighted by Crippen LogP contribution is 2.24. The molecule has 1 aliphatic heterocycles. The van der Waals surface area contributed by atoms with Gasteiger partial charge < -0.3 is 15.5 Å². The van der Waals surface area contributed by atoms with Gasteiger partial charge in [-0.05, 0) is 63.2 Å². The molecule has 2 rings (SSSR count). The summed E-state index contributed by atoms with van der Waals surface area (Å²) in [6, 6.07) is 3.65. The van der Waals surface area contributed by atoms with Crippen LogP contribution in [-0.2, 0) is 6.54 Å². The van der Waals surface area contributed by atoms with Crippen LogP contribution in [-0.4, -0.2) is 37.1 Å². The largest absolute Gasteiger partial charge is 0.335 e. The lowest BCUT2D eigenvalue weighted by Crippen LogP contribution is -2.46. The van der Waals surface area contributed by atoms with Gasteiger partial charge in [0.05, 0.1) is 0 Å². The number of carbonyl (C=O) groups is 1. The molecular weight excluding hydrogens is 309 g/mol. The van der Waals surface area contributed by atoms with E-state index in [1.54, 1.807) is 6.07 Å². The summed E-state index contributed by atoms with van der Waals surface area (Å²) in [6.45, 7) is 4.38. The van der Waals surface area contributed by atoms with Gasteiger partial charge in [0.25, 0.3) is 0 Å². The first-order chi connectivity index (χ1) is 9.95. The number of nitrogens with zero attached hydrogens (tertiary/aromatic N) is 1. The van der Waals surface area contributed by atoms with Crippen LogP contribution in [0.2, 0.25) is 10.0 Å². The normalized spacial score (nSPS) is 16.8. The van der Waals surface area contributed by atoms with Gasteiger partial charge >= 0.3 is 6.03 Å². The van der Waals surface area contributed by atoms with Gasteiger partial charge in [-0.15, -0.1) is 0 Å². The fraction of sp³-hybridized carbons (Fsp3) is 0.533. The fourth-order valence-electron chi connectivity index (χ4n) is 2.51. The maximum Gasteiger partial charge on any atom is 0.315 e. The summed E-state index contributed by atoms with van der Waals surface area (Å²) >= 11 is 12.1. The molecule has 0 unspecified atom stereocenters. The zero-order chi connectivity index (χ0) is 15.4. The lowest BCUT2D eigenvalue weighted by molar-refractivity contribution is 0.213. The molecule has 1 heterocycles.